The van der Waals surface area contributed by atoms with E-state index in [1.807, 2.05) is 4.90 Å². The van der Waals surface area contributed by atoms with Crippen LogP contribution in [0.5, 0.6) is 0 Å². The van der Waals surface area contributed by atoms with E-state index in [-0.39, 0.29) is 36.4 Å². The second-order valence-corrected chi connectivity index (χ2v) is 5.36. The molecule has 1 amide bonds. The lowest BCUT2D eigenvalue weighted by atomic mass is 9.85. The molecule has 2 rings (SSSR count). The van der Waals surface area contributed by atoms with Crippen molar-refractivity contribution < 1.29 is 14.3 Å². The summed E-state index contributed by atoms with van der Waals surface area (Å²) in [4.78, 5) is 14.3. The summed E-state index contributed by atoms with van der Waals surface area (Å²) in [6.07, 6.45) is 3.97. The molecule has 1 heterocycles. The maximum Gasteiger partial charge on any atom is 0.225 e. The van der Waals surface area contributed by atoms with Crippen molar-refractivity contribution in [2.24, 2.45) is 11.7 Å². The summed E-state index contributed by atoms with van der Waals surface area (Å²) in [5.74, 6) is 0.379. The average molecular weight is 293 g/mol. The topological polar surface area (TPSA) is 64.8 Å². The van der Waals surface area contributed by atoms with Gasteiger partial charge in [0.05, 0.1) is 19.3 Å². The first-order valence-corrected chi connectivity index (χ1v) is 6.85. The smallest absolute Gasteiger partial charge is 0.225 e. The Morgan fingerprint density at radius 3 is 2.95 bits per heavy atom. The van der Waals surface area contributed by atoms with Gasteiger partial charge in [-0.25, -0.2) is 0 Å². The predicted molar refractivity (Wildman–Crippen MR) is 75.4 cm³/mol. The van der Waals surface area contributed by atoms with Crippen LogP contribution in [0.2, 0.25) is 0 Å². The van der Waals surface area contributed by atoms with Gasteiger partial charge < -0.3 is 20.1 Å². The van der Waals surface area contributed by atoms with E-state index < -0.39 is 0 Å². The molecule has 112 valence electrons. The monoisotopic (exact) mass is 292 g/mol. The van der Waals surface area contributed by atoms with E-state index in [1.165, 1.54) is 0 Å². The van der Waals surface area contributed by atoms with E-state index in [0.29, 0.717) is 26.3 Å². The molecule has 2 N–H and O–H groups in total. The van der Waals surface area contributed by atoms with Crippen molar-refractivity contribution in [1.29, 1.82) is 0 Å². The van der Waals surface area contributed by atoms with Crippen LogP contribution < -0.4 is 5.73 Å². The molecule has 3 atom stereocenters. The summed E-state index contributed by atoms with van der Waals surface area (Å²) in [7, 11) is 1.66. The quantitative estimate of drug-likeness (QED) is 0.836. The summed E-state index contributed by atoms with van der Waals surface area (Å²) >= 11 is 0. The molecule has 0 aromatic carbocycles. The summed E-state index contributed by atoms with van der Waals surface area (Å²) in [5, 5.41) is 0. The molecule has 0 aromatic heterocycles. The van der Waals surface area contributed by atoms with Gasteiger partial charge >= 0.3 is 0 Å². The fraction of sp³-hybridized carbons (Fsp3) is 0.923. The van der Waals surface area contributed by atoms with Crippen LogP contribution in [0, 0.1) is 5.92 Å². The van der Waals surface area contributed by atoms with Gasteiger partial charge in [0.15, 0.2) is 0 Å². The highest BCUT2D eigenvalue weighted by Gasteiger charge is 2.31. The number of nitrogens with two attached hydrogens (primary N) is 1. The molecule has 0 bridgehead atoms. The fourth-order valence-electron chi connectivity index (χ4n) is 2.92. The molecule has 1 saturated carbocycles. The molecule has 5 nitrogen and oxygen atoms in total. The SMILES string of the molecule is COCC1CN(C(=O)C2CCCC(N)C2)CCO1.Cl. The predicted octanol–water partition coefficient (Wildman–Crippen LogP) is 0.799. The number of hydrogen-bond donors (Lipinski definition) is 1. The van der Waals surface area contributed by atoms with Gasteiger partial charge in [-0.05, 0) is 19.3 Å². The molecular weight excluding hydrogens is 268 g/mol. The van der Waals surface area contributed by atoms with Crippen molar-refractivity contribution in [3.05, 3.63) is 0 Å². The number of methoxy groups -OCH3 is 1. The van der Waals surface area contributed by atoms with E-state index >= 15 is 0 Å². The van der Waals surface area contributed by atoms with Crippen molar-refractivity contribution in [3.63, 3.8) is 0 Å². The van der Waals surface area contributed by atoms with Gasteiger partial charge in [0.2, 0.25) is 5.91 Å². The Morgan fingerprint density at radius 1 is 1.47 bits per heavy atom. The third-order valence-electron chi connectivity index (χ3n) is 3.87. The molecular formula is C13H25ClN2O3. The summed E-state index contributed by atoms with van der Waals surface area (Å²) < 4.78 is 10.7. The van der Waals surface area contributed by atoms with Crippen molar-refractivity contribution in [2.45, 2.75) is 37.8 Å². The van der Waals surface area contributed by atoms with Crippen LogP contribution in [-0.4, -0.2) is 56.4 Å². The minimum absolute atomic E-state index is 0. The number of halogens is 1. The lowest BCUT2D eigenvalue weighted by molar-refractivity contribution is -0.146. The number of rotatable bonds is 3. The lowest BCUT2D eigenvalue weighted by Gasteiger charge is -2.36. The Labute approximate surface area is 121 Å². The highest BCUT2D eigenvalue weighted by Crippen LogP contribution is 2.25. The number of hydrogen-bond acceptors (Lipinski definition) is 4. The highest BCUT2D eigenvalue weighted by atomic mass is 35.5. The standard InChI is InChI=1S/C13H24N2O3.ClH/c1-17-9-12-8-15(5-6-18-12)13(16)10-3-2-4-11(14)7-10;/h10-12H,2-9,14H2,1H3;1H. The third kappa shape index (κ3) is 4.60. The first-order valence-electron chi connectivity index (χ1n) is 6.85. The van der Waals surface area contributed by atoms with Crippen LogP contribution >= 0.6 is 12.4 Å². The second kappa shape index (κ2) is 8.04. The molecule has 0 aromatic rings. The van der Waals surface area contributed by atoms with E-state index in [0.717, 1.165) is 25.7 Å². The van der Waals surface area contributed by atoms with Gasteiger partial charge in [-0.1, -0.05) is 6.42 Å². The molecule has 0 radical (unpaired) electrons. The lowest BCUT2D eigenvalue weighted by Crippen LogP contribution is -2.50. The minimum Gasteiger partial charge on any atom is -0.382 e. The molecule has 3 unspecified atom stereocenters. The molecule has 1 saturated heterocycles. The first kappa shape index (κ1) is 16.7. The normalized spacial score (nSPS) is 31.7. The maximum absolute atomic E-state index is 12.4. The third-order valence-corrected chi connectivity index (χ3v) is 3.87. The number of morpholine rings is 1. The molecule has 0 spiro atoms. The fourth-order valence-corrected chi connectivity index (χ4v) is 2.92. The molecule has 1 aliphatic heterocycles. The van der Waals surface area contributed by atoms with Crippen molar-refractivity contribution in [1.82, 2.24) is 4.90 Å². The zero-order chi connectivity index (χ0) is 13.0. The highest BCUT2D eigenvalue weighted by molar-refractivity contribution is 5.85. The van der Waals surface area contributed by atoms with Crippen LogP contribution in [0.3, 0.4) is 0 Å². The second-order valence-electron chi connectivity index (χ2n) is 5.36. The Kier molecular flexibility index (Phi) is 7.07. The first-order chi connectivity index (χ1) is 8.70. The zero-order valence-corrected chi connectivity index (χ0v) is 12.4. The Hall–Kier alpha value is -0.360. The molecule has 6 heteroatoms. The maximum atomic E-state index is 12.4. The Balaban J connectivity index is 0.00000180. The van der Waals surface area contributed by atoms with Crippen LogP contribution in [0.1, 0.15) is 25.7 Å². The van der Waals surface area contributed by atoms with Crippen molar-refractivity contribution >= 4 is 18.3 Å². The van der Waals surface area contributed by atoms with E-state index in [1.54, 1.807) is 7.11 Å². The minimum atomic E-state index is 0. The summed E-state index contributed by atoms with van der Waals surface area (Å²) in [6, 6.07) is 0.198. The van der Waals surface area contributed by atoms with Crippen molar-refractivity contribution in [3.8, 4) is 0 Å². The van der Waals surface area contributed by atoms with Gasteiger partial charge in [0, 0.05) is 32.2 Å². The molecule has 19 heavy (non-hydrogen) atoms. The summed E-state index contributed by atoms with van der Waals surface area (Å²) in [6.45, 7) is 2.51. The number of carbonyl (C=O) groups excluding carboxylic acids is 1. The number of nitrogens with zero attached hydrogens (tertiary/aromatic N) is 1. The van der Waals surface area contributed by atoms with Gasteiger partial charge in [-0.3, -0.25) is 4.79 Å². The van der Waals surface area contributed by atoms with Crippen LogP contribution in [-0.2, 0) is 14.3 Å². The van der Waals surface area contributed by atoms with Crippen LogP contribution in [0.4, 0.5) is 0 Å². The van der Waals surface area contributed by atoms with E-state index in [9.17, 15) is 4.79 Å². The Morgan fingerprint density at radius 2 is 2.26 bits per heavy atom. The van der Waals surface area contributed by atoms with Gasteiger partial charge in [0.1, 0.15) is 0 Å². The number of ether oxygens (including phenoxy) is 2. The van der Waals surface area contributed by atoms with Crippen LogP contribution in [0.25, 0.3) is 0 Å². The van der Waals surface area contributed by atoms with Crippen LogP contribution in [0.15, 0.2) is 0 Å². The zero-order valence-electron chi connectivity index (χ0n) is 11.5. The van der Waals surface area contributed by atoms with Gasteiger partial charge in [-0.15, -0.1) is 12.4 Å². The summed E-state index contributed by atoms with van der Waals surface area (Å²) in [5.41, 5.74) is 5.95. The Bertz CT molecular complexity index is 289. The van der Waals surface area contributed by atoms with Gasteiger partial charge in [-0.2, -0.15) is 0 Å². The number of amides is 1. The van der Waals surface area contributed by atoms with Gasteiger partial charge in [0.25, 0.3) is 0 Å². The molecule has 1 aliphatic carbocycles. The average Bonchev–Trinajstić information content (AvgIpc) is 2.39. The molecule has 2 fully saturated rings. The van der Waals surface area contributed by atoms with E-state index in [4.69, 9.17) is 15.2 Å². The number of carbonyl (C=O) groups is 1. The molecule has 2 aliphatic rings. The van der Waals surface area contributed by atoms with Crippen molar-refractivity contribution in [2.75, 3.05) is 33.4 Å². The van der Waals surface area contributed by atoms with E-state index in [2.05, 4.69) is 0 Å². The largest absolute Gasteiger partial charge is 0.382 e.